The normalized spacial score (nSPS) is 13.2. The van der Waals surface area contributed by atoms with Crippen LogP contribution in [0.1, 0.15) is 16.7 Å². The molecule has 0 fully saturated rings. The number of nitrogens with zero attached hydrogens (tertiary/aromatic N) is 5. The molecule has 1 aliphatic rings. The Kier molecular flexibility index (Phi) is 4.00. The standard InChI is InChI=1S/C22H18N6O/c1-27-13-20(19-10-24-7-6-17(19)22(27)29)16-9-25-21-18(11-26-28(21)12-16)15-4-2-14(8-23)3-5-15/h2-5,9,11-13,24H,6-7,10H2,1H3. The largest absolute Gasteiger partial charge is 0.318 e. The lowest BCUT2D eigenvalue weighted by Gasteiger charge is -2.21. The van der Waals surface area contributed by atoms with Gasteiger partial charge in [0.25, 0.3) is 5.56 Å². The van der Waals surface area contributed by atoms with E-state index in [2.05, 4.69) is 21.5 Å². The van der Waals surface area contributed by atoms with Gasteiger partial charge in [0.15, 0.2) is 5.65 Å². The second-order valence-corrected chi connectivity index (χ2v) is 7.20. The number of nitrogens with one attached hydrogen (secondary N) is 1. The highest BCUT2D eigenvalue weighted by molar-refractivity contribution is 5.78. The predicted octanol–water partition coefficient (Wildman–Crippen LogP) is 2.28. The van der Waals surface area contributed by atoms with E-state index in [1.165, 1.54) is 0 Å². The first-order valence-corrected chi connectivity index (χ1v) is 9.42. The molecule has 29 heavy (non-hydrogen) atoms. The maximum absolute atomic E-state index is 12.5. The second-order valence-electron chi connectivity index (χ2n) is 7.20. The number of aryl methyl sites for hydroxylation is 1. The number of benzene rings is 1. The minimum atomic E-state index is 0.0708. The summed E-state index contributed by atoms with van der Waals surface area (Å²) in [6, 6.07) is 9.51. The Labute approximate surface area is 166 Å². The van der Waals surface area contributed by atoms with Crippen LogP contribution < -0.4 is 10.9 Å². The molecule has 0 radical (unpaired) electrons. The summed E-state index contributed by atoms with van der Waals surface area (Å²) in [6.07, 6.45) is 8.17. The van der Waals surface area contributed by atoms with Gasteiger partial charge in [-0.3, -0.25) is 4.79 Å². The monoisotopic (exact) mass is 382 g/mol. The molecule has 4 aromatic rings. The Bertz CT molecular complexity index is 1340. The Morgan fingerprint density at radius 1 is 1.07 bits per heavy atom. The summed E-state index contributed by atoms with van der Waals surface area (Å²) in [6.45, 7) is 1.49. The quantitative estimate of drug-likeness (QED) is 0.575. The van der Waals surface area contributed by atoms with Crippen LogP contribution in [0.25, 0.3) is 27.9 Å². The molecule has 5 rings (SSSR count). The molecule has 0 spiro atoms. The van der Waals surface area contributed by atoms with E-state index in [-0.39, 0.29) is 5.56 Å². The summed E-state index contributed by atoms with van der Waals surface area (Å²) in [5, 5.41) is 16.8. The lowest BCUT2D eigenvalue weighted by Crippen LogP contribution is -2.33. The van der Waals surface area contributed by atoms with Crippen molar-refractivity contribution in [3.05, 3.63) is 76.1 Å². The van der Waals surface area contributed by atoms with E-state index in [1.807, 2.05) is 30.7 Å². The third-order valence-corrected chi connectivity index (χ3v) is 5.44. The number of aromatic nitrogens is 4. The molecule has 0 atom stereocenters. The van der Waals surface area contributed by atoms with E-state index in [4.69, 9.17) is 5.26 Å². The molecule has 7 heteroatoms. The lowest BCUT2D eigenvalue weighted by molar-refractivity contribution is 0.629. The first-order valence-electron chi connectivity index (χ1n) is 9.42. The molecule has 0 saturated carbocycles. The molecule has 3 aromatic heterocycles. The SMILES string of the molecule is Cn1cc(-c2cnc3c(-c4ccc(C#N)cc4)cnn3c2)c2c(c1=O)CCNC2. The van der Waals surface area contributed by atoms with Crippen LogP contribution in [0.3, 0.4) is 0 Å². The van der Waals surface area contributed by atoms with Crippen LogP contribution in [-0.4, -0.2) is 25.7 Å². The average molecular weight is 382 g/mol. The third-order valence-electron chi connectivity index (χ3n) is 5.44. The van der Waals surface area contributed by atoms with Crippen LogP contribution in [0, 0.1) is 11.3 Å². The highest BCUT2D eigenvalue weighted by atomic mass is 16.1. The van der Waals surface area contributed by atoms with Gasteiger partial charge in [-0.15, -0.1) is 0 Å². The minimum Gasteiger partial charge on any atom is -0.318 e. The molecule has 0 aliphatic carbocycles. The fourth-order valence-corrected chi connectivity index (χ4v) is 3.91. The van der Waals surface area contributed by atoms with Gasteiger partial charge in [-0.05, 0) is 36.2 Å². The second kappa shape index (κ2) is 6.69. The van der Waals surface area contributed by atoms with Crippen molar-refractivity contribution in [3.63, 3.8) is 0 Å². The van der Waals surface area contributed by atoms with Crippen molar-refractivity contribution < 1.29 is 0 Å². The predicted molar refractivity (Wildman–Crippen MR) is 109 cm³/mol. The zero-order valence-corrected chi connectivity index (χ0v) is 15.9. The van der Waals surface area contributed by atoms with Crippen LogP contribution in [0.15, 0.2) is 53.8 Å². The van der Waals surface area contributed by atoms with Gasteiger partial charge >= 0.3 is 0 Å². The molecule has 7 nitrogen and oxygen atoms in total. The van der Waals surface area contributed by atoms with Crippen molar-refractivity contribution in [2.45, 2.75) is 13.0 Å². The van der Waals surface area contributed by atoms with E-state index in [9.17, 15) is 4.79 Å². The molecule has 4 heterocycles. The first kappa shape index (κ1) is 17.3. The van der Waals surface area contributed by atoms with E-state index < -0.39 is 0 Å². The highest BCUT2D eigenvalue weighted by Crippen LogP contribution is 2.28. The van der Waals surface area contributed by atoms with E-state index >= 15 is 0 Å². The number of hydrogen-bond donors (Lipinski definition) is 1. The van der Waals surface area contributed by atoms with Crippen molar-refractivity contribution >= 4 is 5.65 Å². The first-order chi connectivity index (χ1) is 14.2. The fourth-order valence-electron chi connectivity index (χ4n) is 3.91. The average Bonchev–Trinajstić information content (AvgIpc) is 3.19. The number of pyridine rings is 1. The van der Waals surface area contributed by atoms with Gasteiger partial charge in [0.2, 0.25) is 0 Å². The van der Waals surface area contributed by atoms with E-state index in [0.717, 1.165) is 52.0 Å². The summed E-state index contributed by atoms with van der Waals surface area (Å²) < 4.78 is 3.41. The van der Waals surface area contributed by atoms with Crippen molar-refractivity contribution in [1.82, 2.24) is 24.5 Å². The van der Waals surface area contributed by atoms with Crippen molar-refractivity contribution in [1.29, 1.82) is 5.26 Å². The molecule has 0 amide bonds. The van der Waals surface area contributed by atoms with E-state index in [0.29, 0.717) is 12.1 Å². The summed E-state index contributed by atoms with van der Waals surface area (Å²) in [5.74, 6) is 0. The molecule has 0 saturated heterocycles. The molecule has 1 N–H and O–H groups in total. The number of nitriles is 1. The molecular weight excluding hydrogens is 364 g/mol. The van der Waals surface area contributed by atoms with Gasteiger partial charge in [0.05, 0.1) is 17.8 Å². The molecular formula is C22H18N6O. The van der Waals surface area contributed by atoms with Gasteiger partial charge in [-0.25, -0.2) is 9.50 Å². The molecule has 1 aromatic carbocycles. The summed E-state index contributed by atoms with van der Waals surface area (Å²) >= 11 is 0. The van der Waals surface area contributed by atoms with Crippen molar-refractivity contribution in [3.8, 4) is 28.3 Å². The van der Waals surface area contributed by atoms with Crippen LogP contribution in [0.2, 0.25) is 0 Å². The van der Waals surface area contributed by atoms with Crippen LogP contribution in [0.4, 0.5) is 0 Å². The molecule has 1 aliphatic heterocycles. The summed E-state index contributed by atoms with van der Waals surface area (Å²) in [7, 11) is 1.79. The third kappa shape index (κ3) is 2.82. The number of hydrogen-bond acceptors (Lipinski definition) is 5. The zero-order valence-electron chi connectivity index (χ0n) is 15.9. The highest BCUT2D eigenvalue weighted by Gasteiger charge is 2.19. The van der Waals surface area contributed by atoms with Crippen LogP contribution >= 0.6 is 0 Å². The van der Waals surface area contributed by atoms with Gasteiger partial charge < -0.3 is 9.88 Å². The van der Waals surface area contributed by atoms with E-state index in [1.54, 1.807) is 34.5 Å². The van der Waals surface area contributed by atoms with Crippen LogP contribution in [-0.2, 0) is 20.0 Å². The Balaban J connectivity index is 1.63. The number of rotatable bonds is 2. The minimum absolute atomic E-state index is 0.0708. The van der Waals surface area contributed by atoms with Crippen molar-refractivity contribution in [2.24, 2.45) is 7.05 Å². The van der Waals surface area contributed by atoms with Gasteiger partial charge in [0.1, 0.15) is 0 Å². The Morgan fingerprint density at radius 3 is 2.69 bits per heavy atom. The van der Waals surface area contributed by atoms with Gasteiger partial charge in [-0.1, -0.05) is 12.1 Å². The fraction of sp³-hybridized carbons (Fsp3) is 0.182. The van der Waals surface area contributed by atoms with Crippen molar-refractivity contribution in [2.75, 3.05) is 6.54 Å². The molecule has 0 bridgehead atoms. The van der Waals surface area contributed by atoms with Crippen LogP contribution in [0.5, 0.6) is 0 Å². The van der Waals surface area contributed by atoms with Gasteiger partial charge in [-0.2, -0.15) is 10.4 Å². The Hall–Kier alpha value is -3.76. The maximum Gasteiger partial charge on any atom is 0.253 e. The Morgan fingerprint density at radius 2 is 1.90 bits per heavy atom. The number of fused-ring (bicyclic) bond motifs is 2. The van der Waals surface area contributed by atoms with Gasteiger partial charge in [0, 0.05) is 54.4 Å². The lowest BCUT2D eigenvalue weighted by atomic mass is 9.95. The summed E-state index contributed by atoms with van der Waals surface area (Å²) in [4.78, 5) is 17.2. The maximum atomic E-state index is 12.5. The summed E-state index contributed by atoms with van der Waals surface area (Å²) in [5.41, 5.74) is 7.14. The zero-order chi connectivity index (χ0) is 20.0. The molecule has 0 unspecified atom stereocenters. The molecule has 142 valence electrons. The smallest absolute Gasteiger partial charge is 0.253 e. The topological polar surface area (TPSA) is 88.0 Å².